The van der Waals surface area contributed by atoms with Crippen LogP contribution >= 0.6 is 0 Å². The van der Waals surface area contributed by atoms with Gasteiger partial charge >= 0.3 is 0 Å². The molecule has 0 fully saturated rings. The molecule has 0 radical (unpaired) electrons. The first-order valence-electron chi connectivity index (χ1n) is 6.24. The molecule has 0 aromatic heterocycles. The third-order valence-corrected chi connectivity index (χ3v) is 3.18. The van der Waals surface area contributed by atoms with E-state index in [0.717, 1.165) is 5.71 Å². The normalized spacial score (nSPS) is 17.5. The van der Waals surface area contributed by atoms with Crippen LogP contribution in [-0.2, 0) is 0 Å². The Balaban J connectivity index is 2.29. The maximum absolute atomic E-state index is 10.7. The lowest BCUT2D eigenvalue weighted by Gasteiger charge is -2.28. The number of nitro groups is 1. The Morgan fingerprint density at radius 2 is 2.25 bits per heavy atom. The van der Waals surface area contributed by atoms with Crippen LogP contribution in [0.5, 0.6) is 5.75 Å². The molecule has 0 saturated carbocycles. The number of aliphatic imine (C=N–C) groups is 1. The number of fused-ring (bicyclic) bond motifs is 1. The number of nitrogens with zero attached hydrogens (tertiary/aromatic N) is 3. The average Bonchev–Trinajstić information content (AvgIpc) is 2.38. The summed E-state index contributed by atoms with van der Waals surface area (Å²) in [5.74, 6) is 0.514. The molecule has 0 N–H and O–H groups in total. The average molecular weight is 273 g/mol. The predicted octanol–water partition coefficient (Wildman–Crippen LogP) is 3.39. The van der Waals surface area contributed by atoms with Gasteiger partial charge in [-0.3, -0.25) is 15.1 Å². The van der Waals surface area contributed by atoms with E-state index in [4.69, 9.17) is 10.00 Å². The summed E-state index contributed by atoms with van der Waals surface area (Å²) in [4.78, 5) is 14.6. The first kappa shape index (κ1) is 14.0. The lowest BCUT2D eigenvalue weighted by molar-refractivity contribution is -0.384. The summed E-state index contributed by atoms with van der Waals surface area (Å²) in [6, 6.07) is 6.57. The Morgan fingerprint density at radius 1 is 1.55 bits per heavy atom. The Kier molecular flexibility index (Phi) is 3.45. The predicted molar refractivity (Wildman–Crippen MR) is 74.3 cm³/mol. The van der Waals surface area contributed by atoms with Gasteiger partial charge in [0.2, 0.25) is 0 Å². The monoisotopic (exact) mass is 273 g/mol. The quantitative estimate of drug-likeness (QED) is 0.623. The number of hydrogen-bond donors (Lipinski definition) is 0. The Morgan fingerprint density at radius 3 is 2.85 bits per heavy atom. The smallest absolute Gasteiger partial charge is 0.271 e. The van der Waals surface area contributed by atoms with Crippen molar-refractivity contribution in [1.82, 2.24) is 0 Å². The zero-order valence-corrected chi connectivity index (χ0v) is 11.6. The molecule has 1 aliphatic heterocycles. The standard InChI is InChI=1S/C14H15N3O3/c1-9-13(7-14(2,3)8-15)20-12-5-4-10(17(18)19)6-11(12)16-9/h4-6,13H,7H2,1-3H3/t13-/m0/s1. The van der Waals surface area contributed by atoms with E-state index in [9.17, 15) is 10.1 Å². The number of ether oxygens (including phenoxy) is 1. The van der Waals surface area contributed by atoms with Gasteiger partial charge in [0.1, 0.15) is 17.5 Å². The van der Waals surface area contributed by atoms with Gasteiger partial charge in [0.25, 0.3) is 5.69 Å². The van der Waals surface area contributed by atoms with Gasteiger partial charge in [-0.2, -0.15) is 5.26 Å². The second-order valence-electron chi connectivity index (χ2n) is 5.47. The van der Waals surface area contributed by atoms with Crippen LogP contribution in [0.1, 0.15) is 27.2 Å². The summed E-state index contributed by atoms with van der Waals surface area (Å²) in [7, 11) is 0. The van der Waals surface area contributed by atoms with Crippen LogP contribution in [-0.4, -0.2) is 16.7 Å². The molecule has 6 nitrogen and oxygen atoms in total. The van der Waals surface area contributed by atoms with E-state index in [-0.39, 0.29) is 11.8 Å². The largest absolute Gasteiger partial charge is 0.482 e. The van der Waals surface area contributed by atoms with Crippen molar-refractivity contribution in [3.05, 3.63) is 28.3 Å². The lowest BCUT2D eigenvalue weighted by Crippen LogP contribution is -2.32. The van der Waals surface area contributed by atoms with Crippen molar-refractivity contribution >= 4 is 17.1 Å². The van der Waals surface area contributed by atoms with Crippen LogP contribution in [0.25, 0.3) is 0 Å². The molecule has 1 aromatic rings. The van der Waals surface area contributed by atoms with Crippen molar-refractivity contribution in [3.8, 4) is 11.8 Å². The van der Waals surface area contributed by atoms with Crippen LogP contribution < -0.4 is 4.74 Å². The minimum absolute atomic E-state index is 0.0142. The molecule has 0 aliphatic carbocycles. The van der Waals surface area contributed by atoms with Crippen molar-refractivity contribution < 1.29 is 9.66 Å². The van der Waals surface area contributed by atoms with Gasteiger partial charge in [0.15, 0.2) is 0 Å². The fraction of sp³-hybridized carbons (Fsp3) is 0.429. The molecule has 0 spiro atoms. The molecule has 20 heavy (non-hydrogen) atoms. The third-order valence-electron chi connectivity index (χ3n) is 3.18. The van der Waals surface area contributed by atoms with Gasteiger partial charge < -0.3 is 4.74 Å². The first-order chi connectivity index (χ1) is 9.32. The van der Waals surface area contributed by atoms with Gasteiger partial charge in [-0.25, -0.2) is 0 Å². The highest BCUT2D eigenvalue weighted by molar-refractivity contribution is 5.91. The van der Waals surface area contributed by atoms with E-state index in [1.165, 1.54) is 12.1 Å². The van der Waals surface area contributed by atoms with E-state index in [1.807, 2.05) is 13.8 Å². The van der Waals surface area contributed by atoms with Crippen molar-refractivity contribution in [2.24, 2.45) is 10.4 Å². The summed E-state index contributed by atoms with van der Waals surface area (Å²) in [6.45, 7) is 5.49. The van der Waals surface area contributed by atoms with Gasteiger partial charge in [0.05, 0.1) is 22.1 Å². The molecule has 1 atom stereocenters. The van der Waals surface area contributed by atoms with Gasteiger partial charge in [-0.05, 0) is 26.8 Å². The number of rotatable bonds is 3. The van der Waals surface area contributed by atoms with Crippen molar-refractivity contribution in [1.29, 1.82) is 5.26 Å². The molecule has 1 heterocycles. The lowest BCUT2D eigenvalue weighted by atomic mass is 9.87. The Hall–Kier alpha value is -2.42. The topological polar surface area (TPSA) is 88.5 Å². The molecular formula is C14H15N3O3. The van der Waals surface area contributed by atoms with Crippen molar-refractivity contribution in [2.45, 2.75) is 33.3 Å². The van der Waals surface area contributed by atoms with Crippen LogP contribution in [0, 0.1) is 26.9 Å². The van der Waals surface area contributed by atoms with E-state index in [2.05, 4.69) is 11.1 Å². The zero-order valence-electron chi connectivity index (χ0n) is 11.6. The number of benzene rings is 1. The number of nitro benzene ring substituents is 1. The van der Waals surface area contributed by atoms with Crippen LogP contribution in [0.15, 0.2) is 23.2 Å². The summed E-state index contributed by atoms with van der Waals surface area (Å²) in [5.41, 5.74) is 0.656. The van der Waals surface area contributed by atoms with E-state index in [0.29, 0.717) is 17.9 Å². The third kappa shape index (κ3) is 2.77. The minimum Gasteiger partial charge on any atom is -0.482 e. The second-order valence-corrected chi connectivity index (χ2v) is 5.47. The number of nitriles is 1. The van der Waals surface area contributed by atoms with Crippen LogP contribution in [0.2, 0.25) is 0 Å². The molecule has 6 heteroatoms. The molecule has 0 unspecified atom stereocenters. The molecule has 1 aromatic carbocycles. The maximum Gasteiger partial charge on any atom is 0.271 e. The summed E-state index contributed by atoms with van der Waals surface area (Å²) in [5, 5.41) is 19.8. The highest BCUT2D eigenvalue weighted by Crippen LogP contribution is 2.37. The van der Waals surface area contributed by atoms with Crippen molar-refractivity contribution in [2.75, 3.05) is 0 Å². The van der Waals surface area contributed by atoms with Gasteiger partial charge in [-0.15, -0.1) is 0 Å². The SMILES string of the molecule is CC1=Nc2cc([N+](=O)[O-])ccc2O[C@H]1CC(C)(C)C#N. The highest BCUT2D eigenvalue weighted by Gasteiger charge is 2.29. The summed E-state index contributed by atoms with van der Waals surface area (Å²) in [6.07, 6.45) is 0.244. The highest BCUT2D eigenvalue weighted by atomic mass is 16.6. The van der Waals surface area contributed by atoms with E-state index < -0.39 is 10.3 Å². The minimum atomic E-state index is -0.514. The second kappa shape index (κ2) is 4.93. The zero-order chi connectivity index (χ0) is 14.9. The van der Waals surface area contributed by atoms with Crippen molar-refractivity contribution in [3.63, 3.8) is 0 Å². The Bertz CT molecular complexity index is 629. The molecule has 2 rings (SSSR count). The molecule has 0 bridgehead atoms. The molecular weight excluding hydrogens is 258 g/mol. The number of hydrogen-bond acceptors (Lipinski definition) is 5. The molecule has 0 amide bonds. The van der Waals surface area contributed by atoms with E-state index >= 15 is 0 Å². The van der Waals surface area contributed by atoms with E-state index in [1.54, 1.807) is 13.0 Å². The Labute approximate surface area is 116 Å². The van der Waals surface area contributed by atoms with Gasteiger partial charge in [0, 0.05) is 18.6 Å². The molecule has 104 valence electrons. The van der Waals surface area contributed by atoms with Gasteiger partial charge in [-0.1, -0.05) is 0 Å². The summed E-state index contributed by atoms with van der Waals surface area (Å²) < 4.78 is 5.81. The number of non-ortho nitro benzene ring substituents is 1. The first-order valence-corrected chi connectivity index (χ1v) is 6.24. The molecule has 1 aliphatic rings. The fourth-order valence-electron chi connectivity index (χ4n) is 2.01. The maximum atomic E-state index is 10.7. The molecule has 0 saturated heterocycles. The summed E-state index contributed by atoms with van der Waals surface area (Å²) >= 11 is 0. The fourth-order valence-corrected chi connectivity index (χ4v) is 2.01. The van der Waals surface area contributed by atoms with Crippen LogP contribution in [0.3, 0.4) is 0 Å². The van der Waals surface area contributed by atoms with Crippen LogP contribution in [0.4, 0.5) is 11.4 Å².